The summed E-state index contributed by atoms with van der Waals surface area (Å²) in [6, 6.07) is 13.8. The molecule has 4 rings (SSSR count). The number of aromatic nitrogens is 1. The first-order chi connectivity index (χ1) is 14.9. The Kier molecular flexibility index (Phi) is 6.28. The molecule has 0 aliphatic carbocycles. The Bertz CT molecular complexity index is 1110. The van der Waals surface area contributed by atoms with E-state index in [1.165, 1.54) is 6.07 Å². The van der Waals surface area contributed by atoms with Crippen molar-refractivity contribution < 1.29 is 14.0 Å². The van der Waals surface area contributed by atoms with Crippen molar-refractivity contribution in [2.24, 2.45) is 11.8 Å². The van der Waals surface area contributed by atoms with Crippen molar-refractivity contribution in [2.45, 2.75) is 26.3 Å². The number of rotatable bonds is 5. The van der Waals surface area contributed by atoms with E-state index in [9.17, 15) is 14.0 Å². The van der Waals surface area contributed by atoms with Crippen molar-refractivity contribution in [3.63, 3.8) is 0 Å². The highest BCUT2D eigenvalue weighted by atomic mass is 35.5. The van der Waals surface area contributed by atoms with Gasteiger partial charge in [-0.2, -0.15) is 0 Å². The van der Waals surface area contributed by atoms with Crippen LogP contribution in [-0.2, 0) is 11.3 Å². The van der Waals surface area contributed by atoms with Gasteiger partial charge >= 0.3 is 0 Å². The molecule has 7 heteroatoms. The molecule has 1 saturated heterocycles. The summed E-state index contributed by atoms with van der Waals surface area (Å²) >= 11 is 6.03. The number of nitrogens with zero attached hydrogens (tertiary/aromatic N) is 1. The van der Waals surface area contributed by atoms with E-state index in [-0.39, 0.29) is 36.0 Å². The van der Waals surface area contributed by atoms with Crippen LogP contribution in [0.5, 0.6) is 0 Å². The van der Waals surface area contributed by atoms with Crippen LogP contribution in [0.4, 0.5) is 4.39 Å². The molecule has 1 aromatic heterocycles. The third-order valence-corrected chi connectivity index (χ3v) is 6.41. The molecule has 2 heterocycles. The average Bonchev–Trinajstić information content (AvgIpc) is 3.20. The number of fused-ring (bicyclic) bond motifs is 1. The smallest absolute Gasteiger partial charge is 0.270 e. The van der Waals surface area contributed by atoms with Crippen LogP contribution in [0, 0.1) is 17.7 Å². The van der Waals surface area contributed by atoms with Crippen LogP contribution in [-0.4, -0.2) is 34.8 Å². The number of amides is 2. The molecule has 1 atom stereocenters. The van der Waals surface area contributed by atoms with E-state index in [1.54, 1.807) is 24.3 Å². The number of hydrogen-bond donors (Lipinski definition) is 2. The normalized spacial score (nSPS) is 15.8. The first-order valence-corrected chi connectivity index (χ1v) is 10.9. The minimum absolute atomic E-state index is 0.0394. The average molecular weight is 442 g/mol. The zero-order valence-electron chi connectivity index (χ0n) is 17.3. The summed E-state index contributed by atoms with van der Waals surface area (Å²) in [4.78, 5) is 30.5. The van der Waals surface area contributed by atoms with Crippen molar-refractivity contribution in [1.29, 1.82) is 0 Å². The Balaban J connectivity index is 1.31. The maximum atomic E-state index is 13.7. The zero-order valence-corrected chi connectivity index (χ0v) is 18.1. The van der Waals surface area contributed by atoms with Crippen molar-refractivity contribution in [3.8, 4) is 0 Å². The molecular formula is C24H25ClFN3O2. The van der Waals surface area contributed by atoms with Crippen LogP contribution in [0.1, 0.15) is 35.8 Å². The lowest BCUT2D eigenvalue weighted by Gasteiger charge is -2.34. The van der Waals surface area contributed by atoms with Crippen LogP contribution in [0.15, 0.2) is 48.5 Å². The SMILES string of the molecule is CC(C(=O)NCc1ccccc1F)C1CCN(C(=O)c2cc3cc(Cl)ccc3[nH]2)CC1. The molecule has 1 aliphatic rings. The van der Waals surface area contributed by atoms with E-state index in [2.05, 4.69) is 10.3 Å². The summed E-state index contributed by atoms with van der Waals surface area (Å²) in [5.74, 6) is -0.449. The fraction of sp³-hybridized carbons (Fsp3) is 0.333. The van der Waals surface area contributed by atoms with E-state index < -0.39 is 0 Å². The van der Waals surface area contributed by atoms with Gasteiger partial charge in [-0.15, -0.1) is 0 Å². The summed E-state index contributed by atoms with van der Waals surface area (Å²) in [5, 5.41) is 4.38. The largest absolute Gasteiger partial charge is 0.352 e. The van der Waals surface area contributed by atoms with E-state index in [1.807, 2.05) is 30.0 Å². The van der Waals surface area contributed by atoms with Crippen LogP contribution in [0.3, 0.4) is 0 Å². The molecular weight excluding hydrogens is 417 g/mol. The van der Waals surface area contributed by atoms with Gasteiger partial charge in [-0.1, -0.05) is 36.7 Å². The maximum absolute atomic E-state index is 13.7. The van der Waals surface area contributed by atoms with Gasteiger partial charge in [0.25, 0.3) is 5.91 Å². The van der Waals surface area contributed by atoms with E-state index >= 15 is 0 Å². The monoisotopic (exact) mass is 441 g/mol. The van der Waals surface area contributed by atoms with Gasteiger partial charge in [0, 0.05) is 47.0 Å². The minimum Gasteiger partial charge on any atom is -0.352 e. The van der Waals surface area contributed by atoms with Gasteiger partial charge in [0.1, 0.15) is 11.5 Å². The molecule has 0 saturated carbocycles. The first-order valence-electron chi connectivity index (χ1n) is 10.5. The predicted octanol–water partition coefficient (Wildman–Crippen LogP) is 4.77. The molecule has 2 N–H and O–H groups in total. The molecule has 3 aromatic rings. The predicted molar refractivity (Wildman–Crippen MR) is 119 cm³/mol. The number of halogens is 2. The Hall–Kier alpha value is -2.86. The summed E-state index contributed by atoms with van der Waals surface area (Å²) in [6.45, 7) is 3.28. The van der Waals surface area contributed by atoms with Crippen LogP contribution in [0.2, 0.25) is 5.02 Å². The molecule has 5 nitrogen and oxygen atoms in total. The van der Waals surface area contributed by atoms with E-state index in [0.29, 0.717) is 29.4 Å². The van der Waals surface area contributed by atoms with Gasteiger partial charge in [0.2, 0.25) is 5.91 Å². The van der Waals surface area contributed by atoms with Crippen molar-refractivity contribution in [1.82, 2.24) is 15.2 Å². The highest BCUT2D eigenvalue weighted by Gasteiger charge is 2.30. The summed E-state index contributed by atoms with van der Waals surface area (Å²) in [7, 11) is 0. The molecule has 1 unspecified atom stereocenters. The molecule has 0 radical (unpaired) electrons. The van der Waals surface area contributed by atoms with Crippen molar-refractivity contribution in [2.75, 3.05) is 13.1 Å². The third-order valence-electron chi connectivity index (χ3n) is 6.17. The number of carbonyl (C=O) groups is 2. The van der Waals surface area contributed by atoms with Gasteiger partial charge < -0.3 is 15.2 Å². The highest BCUT2D eigenvalue weighted by Crippen LogP contribution is 2.27. The molecule has 0 bridgehead atoms. The fourth-order valence-corrected chi connectivity index (χ4v) is 4.37. The minimum atomic E-state index is -0.318. The number of aromatic amines is 1. The lowest BCUT2D eigenvalue weighted by molar-refractivity contribution is -0.126. The number of hydrogen-bond acceptors (Lipinski definition) is 2. The second kappa shape index (κ2) is 9.10. The Morgan fingerprint density at radius 3 is 2.68 bits per heavy atom. The molecule has 2 aromatic carbocycles. The third kappa shape index (κ3) is 4.74. The van der Waals surface area contributed by atoms with Gasteiger partial charge in [-0.25, -0.2) is 4.39 Å². The molecule has 2 amide bonds. The van der Waals surface area contributed by atoms with Crippen LogP contribution in [0.25, 0.3) is 10.9 Å². The molecule has 1 aliphatic heterocycles. The van der Waals surface area contributed by atoms with Gasteiger partial charge in [-0.05, 0) is 49.1 Å². The zero-order chi connectivity index (χ0) is 22.0. The number of carbonyl (C=O) groups excluding carboxylic acids is 2. The Labute approximate surface area is 185 Å². The summed E-state index contributed by atoms with van der Waals surface area (Å²) < 4.78 is 13.7. The summed E-state index contributed by atoms with van der Waals surface area (Å²) in [6.07, 6.45) is 1.51. The first kappa shape index (κ1) is 21.4. The number of piperidine rings is 1. The van der Waals surface area contributed by atoms with E-state index in [0.717, 1.165) is 23.7 Å². The fourth-order valence-electron chi connectivity index (χ4n) is 4.19. The number of likely N-dealkylation sites (tertiary alicyclic amines) is 1. The lowest BCUT2D eigenvalue weighted by atomic mass is 9.84. The molecule has 1 fully saturated rings. The Morgan fingerprint density at radius 1 is 1.19 bits per heavy atom. The molecule has 162 valence electrons. The number of H-pyrrole nitrogens is 1. The molecule has 0 spiro atoms. The number of nitrogens with one attached hydrogen (secondary N) is 2. The van der Waals surface area contributed by atoms with Crippen molar-refractivity contribution in [3.05, 3.63) is 70.6 Å². The topological polar surface area (TPSA) is 65.2 Å². The van der Waals surface area contributed by atoms with Crippen LogP contribution >= 0.6 is 11.6 Å². The quantitative estimate of drug-likeness (QED) is 0.599. The standard InChI is InChI=1S/C24H25ClFN3O2/c1-15(23(30)27-14-17-4-2-3-5-20(17)26)16-8-10-29(11-9-16)24(31)22-13-18-12-19(25)6-7-21(18)28-22/h2-7,12-13,15-16,28H,8-11,14H2,1H3,(H,27,30). The lowest BCUT2D eigenvalue weighted by Crippen LogP contribution is -2.42. The van der Waals surface area contributed by atoms with Crippen LogP contribution < -0.4 is 5.32 Å². The maximum Gasteiger partial charge on any atom is 0.270 e. The van der Waals surface area contributed by atoms with Crippen molar-refractivity contribution >= 4 is 34.3 Å². The highest BCUT2D eigenvalue weighted by molar-refractivity contribution is 6.31. The molecule has 31 heavy (non-hydrogen) atoms. The van der Waals surface area contributed by atoms with Gasteiger partial charge in [-0.3, -0.25) is 9.59 Å². The summed E-state index contributed by atoms with van der Waals surface area (Å²) in [5.41, 5.74) is 1.90. The second-order valence-electron chi connectivity index (χ2n) is 8.14. The second-order valence-corrected chi connectivity index (χ2v) is 8.58. The Morgan fingerprint density at radius 2 is 1.94 bits per heavy atom. The number of benzene rings is 2. The van der Waals surface area contributed by atoms with Gasteiger partial charge in [0.05, 0.1) is 0 Å². The van der Waals surface area contributed by atoms with E-state index in [4.69, 9.17) is 11.6 Å². The van der Waals surface area contributed by atoms with Gasteiger partial charge in [0.15, 0.2) is 0 Å².